The van der Waals surface area contributed by atoms with Crippen LogP contribution < -0.4 is 11.1 Å². The van der Waals surface area contributed by atoms with Crippen LogP contribution in [0.4, 0.5) is 0 Å². The molecular weight excluding hydrogens is 156 g/mol. The highest BCUT2D eigenvalue weighted by atomic mass is 16.5. The molecule has 0 radical (unpaired) electrons. The fraction of sp³-hybridized carbons (Fsp3) is 1.00. The van der Waals surface area contributed by atoms with Crippen LogP contribution in [-0.4, -0.2) is 44.1 Å². The molecule has 74 valence electrons. The molecule has 0 amide bonds. The Morgan fingerprint density at radius 1 is 1.50 bits per heavy atom. The van der Waals surface area contributed by atoms with E-state index in [4.69, 9.17) is 15.6 Å². The highest BCUT2D eigenvalue weighted by Gasteiger charge is 1.93. The summed E-state index contributed by atoms with van der Waals surface area (Å²) in [5.74, 6) is 0. The van der Waals surface area contributed by atoms with Crippen molar-refractivity contribution in [2.45, 2.75) is 19.4 Å². The number of nitrogens with one attached hydrogen (secondary N) is 1. The van der Waals surface area contributed by atoms with E-state index < -0.39 is 0 Å². The zero-order valence-corrected chi connectivity index (χ0v) is 7.75. The normalized spacial score (nSPS) is 19.2. The first kappa shape index (κ1) is 11.8. The molecule has 0 aliphatic carbocycles. The lowest BCUT2D eigenvalue weighted by molar-refractivity contribution is 0.109. The zero-order chi connectivity index (χ0) is 9.23. The first-order chi connectivity index (χ1) is 5.81. The van der Waals surface area contributed by atoms with Gasteiger partial charge >= 0.3 is 0 Å². The van der Waals surface area contributed by atoms with Crippen LogP contribution >= 0.6 is 0 Å². The lowest BCUT2D eigenvalue weighted by atomic mass is 10.3. The van der Waals surface area contributed by atoms with Gasteiger partial charge in [0.15, 0.2) is 0 Å². The molecule has 4 N–H and O–H groups in total. The summed E-state index contributed by atoms with van der Waals surface area (Å²) < 4.78 is 5.01. The van der Waals surface area contributed by atoms with Crippen LogP contribution in [0.1, 0.15) is 13.3 Å². The fourth-order valence-corrected chi connectivity index (χ4v) is 0.682. The molecule has 0 saturated carbocycles. The summed E-state index contributed by atoms with van der Waals surface area (Å²) in [6, 6.07) is 0. The molecule has 1 saturated heterocycles. The molecule has 1 atom stereocenters. The summed E-state index contributed by atoms with van der Waals surface area (Å²) >= 11 is 0. The van der Waals surface area contributed by atoms with Crippen molar-refractivity contribution >= 4 is 0 Å². The molecule has 0 aromatic heterocycles. The third kappa shape index (κ3) is 7.94. The van der Waals surface area contributed by atoms with Crippen LogP contribution in [-0.2, 0) is 4.74 Å². The predicted molar refractivity (Wildman–Crippen MR) is 49.0 cm³/mol. The van der Waals surface area contributed by atoms with Gasteiger partial charge in [-0.25, -0.2) is 0 Å². The van der Waals surface area contributed by atoms with Gasteiger partial charge in [-0.05, 0) is 6.42 Å². The van der Waals surface area contributed by atoms with Crippen molar-refractivity contribution in [3.8, 4) is 0 Å². The highest BCUT2D eigenvalue weighted by Crippen LogP contribution is 1.81. The van der Waals surface area contributed by atoms with E-state index in [0.717, 1.165) is 32.7 Å². The predicted octanol–water partition coefficient (Wildman–Crippen LogP) is -0.678. The summed E-state index contributed by atoms with van der Waals surface area (Å²) in [6.07, 6.45) is 0.473. The van der Waals surface area contributed by atoms with Crippen molar-refractivity contribution in [2.24, 2.45) is 5.73 Å². The quantitative estimate of drug-likeness (QED) is 0.521. The van der Waals surface area contributed by atoms with Gasteiger partial charge in [0.2, 0.25) is 0 Å². The van der Waals surface area contributed by atoms with Crippen molar-refractivity contribution in [3.63, 3.8) is 0 Å². The van der Waals surface area contributed by atoms with Crippen molar-refractivity contribution < 1.29 is 9.84 Å². The number of aliphatic hydroxyl groups is 1. The largest absolute Gasteiger partial charge is 0.392 e. The number of nitrogens with two attached hydrogens (primary N) is 1. The molecule has 0 aromatic rings. The number of hydrogen-bond donors (Lipinski definition) is 3. The number of rotatable bonds is 2. The molecule has 1 unspecified atom stereocenters. The molecule has 1 aliphatic heterocycles. The molecule has 12 heavy (non-hydrogen) atoms. The lowest BCUT2D eigenvalue weighted by Gasteiger charge is -2.10. The Kier molecular flexibility index (Phi) is 8.81. The Morgan fingerprint density at radius 3 is 2.17 bits per heavy atom. The fourth-order valence-electron chi connectivity index (χ4n) is 0.682. The van der Waals surface area contributed by atoms with Crippen LogP contribution in [0.5, 0.6) is 0 Å². The summed E-state index contributed by atoms with van der Waals surface area (Å²) in [4.78, 5) is 0. The summed E-state index contributed by atoms with van der Waals surface area (Å²) in [7, 11) is 0. The average Bonchev–Trinajstić information content (AvgIpc) is 2.20. The van der Waals surface area contributed by atoms with Crippen LogP contribution in [0.3, 0.4) is 0 Å². The van der Waals surface area contributed by atoms with E-state index >= 15 is 0 Å². The Labute approximate surface area is 74.1 Å². The van der Waals surface area contributed by atoms with E-state index in [0.29, 0.717) is 6.54 Å². The van der Waals surface area contributed by atoms with E-state index in [1.54, 1.807) is 0 Å². The van der Waals surface area contributed by atoms with Gasteiger partial charge in [0.05, 0.1) is 19.3 Å². The minimum absolute atomic E-state index is 0.287. The van der Waals surface area contributed by atoms with Gasteiger partial charge in [-0.2, -0.15) is 0 Å². The topological polar surface area (TPSA) is 67.5 Å². The number of morpholine rings is 1. The molecule has 0 spiro atoms. The maximum absolute atomic E-state index is 8.54. The van der Waals surface area contributed by atoms with Crippen LogP contribution in [0.2, 0.25) is 0 Å². The SMILES string of the molecule is C1COCCN1.CCC(O)CN. The second kappa shape index (κ2) is 8.93. The first-order valence-corrected chi connectivity index (χ1v) is 4.47. The van der Waals surface area contributed by atoms with Crippen molar-refractivity contribution in [3.05, 3.63) is 0 Å². The number of hydrogen-bond acceptors (Lipinski definition) is 4. The van der Waals surface area contributed by atoms with E-state index in [1.807, 2.05) is 6.92 Å². The molecule has 1 rings (SSSR count). The standard InChI is InChI=1S/C4H9NO.C4H11NO/c1-3-6-4-2-5-1;1-2-4(6)3-5/h5H,1-4H2;4,6H,2-3,5H2,1H3. The minimum atomic E-state index is -0.287. The van der Waals surface area contributed by atoms with Gasteiger partial charge in [0.25, 0.3) is 0 Å². The Balaban J connectivity index is 0.000000202. The smallest absolute Gasteiger partial charge is 0.0659 e. The van der Waals surface area contributed by atoms with E-state index in [-0.39, 0.29) is 6.10 Å². The third-order valence-corrected chi connectivity index (χ3v) is 1.59. The molecule has 0 bridgehead atoms. The Hall–Kier alpha value is -0.160. The molecule has 0 aromatic carbocycles. The Bertz CT molecular complexity index is 71.6. The molecular formula is C8H20N2O2. The number of ether oxygens (including phenoxy) is 1. The molecule has 1 heterocycles. The van der Waals surface area contributed by atoms with Crippen LogP contribution in [0.25, 0.3) is 0 Å². The zero-order valence-electron chi connectivity index (χ0n) is 7.75. The highest BCUT2D eigenvalue weighted by molar-refractivity contribution is 4.49. The van der Waals surface area contributed by atoms with Gasteiger partial charge in [-0.15, -0.1) is 0 Å². The van der Waals surface area contributed by atoms with E-state index in [9.17, 15) is 0 Å². The second-order valence-corrected chi connectivity index (χ2v) is 2.66. The maximum atomic E-state index is 8.54. The van der Waals surface area contributed by atoms with Crippen LogP contribution in [0.15, 0.2) is 0 Å². The van der Waals surface area contributed by atoms with Crippen molar-refractivity contribution in [2.75, 3.05) is 32.8 Å². The van der Waals surface area contributed by atoms with Gasteiger partial charge in [-0.3, -0.25) is 0 Å². The van der Waals surface area contributed by atoms with E-state index in [1.165, 1.54) is 0 Å². The molecule has 4 nitrogen and oxygen atoms in total. The average molecular weight is 176 g/mol. The van der Waals surface area contributed by atoms with Crippen molar-refractivity contribution in [1.82, 2.24) is 5.32 Å². The van der Waals surface area contributed by atoms with Crippen molar-refractivity contribution in [1.29, 1.82) is 0 Å². The van der Waals surface area contributed by atoms with Gasteiger partial charge in [-0.1, -0.05) is 6.92 Å². The first-order valence-electron chi connectivity index (χ1n) is 4.47. The third-order valence-electron chi connectivity index (χ3n) is 1.59. The minimum Gasteiger partial charge on any atom is -0.392 e. The molecule has 4 heteroatoms. The Morgan fingerprint density at radius 2 is 2.08 bits per heavy atom. The monoisotopic (exact) mass is 176 g/mol. The maximum Gasteiger partial charge on any atom is 0.0659 e. The lowest BCUT2D eigenvalue weighted by Crippen LogP contribution is -2.30. The summed E-state index contributed by atoms with van der Waals surface area (Å²) in [5, 5.41) is 11.7. The summed E-state index contributed by atoms with van der Waals surface area (Å²) in [5.41, 5.74) is 5.03. The molecule has 1 aliphatic rings. The molecule has 1 fully saturated rings. The van der Waals surface area contributed by atoms with Gasteiger partial charge < -0.3 is 20.9 Å². The van der Waals surface area contributed by atoms with Gasteiger partial charge in [0, 0.05) is 19.6 Å². The van der Waals surface area contributed by atoms with Gasteiger partial charge in [0.1, 0.15) is 0 Å². The van der Waals surface area contributed by atoms with Crippen LogP contribution in [0, 0.1) is 0 Å². The van der Waals surface area contributed by atoms with E-state index in [2.05, 4.69) is 5.32 Å². The second-order valence-electron chi connectivity index (χ2n) is 2.66. The number of aliphatic hydroxyl groups excluding tert-OH is 1. The summed E-state index contributed by atoms with van der Waals surface area (Å²) in [6.45, 7) is 6.12.